The van der Waals surface area contributed by atoms with Gasteiger partial charge in [-0.25, -0.2) is 4.98 Å². The Bertz CT molecular complexity index is 720. The van der Waals surface area contributed by atoms with Gasteiger partial charge in [0.2, 0.25) is 5.91 Å². The van der Waals surface area contributed by atoms with Crippen LogP contribution in [0.15, 0.2) is 48.7 Å². The van der Waals surface area contributed by atoms with Crippen molar-refractivity contribution in [3.63, 3.8) is 0 Å². The van der Waals surface area contributed by atoms with Crippen molar-refractivity contribution in [1.29, 1.82) is 0 Å². The van der Waals surface area contributed by atoms with Gasteiger partial charge in [0.25, 0.3) is 0 Å². The van der Waals surface area contributed by atoms with Crippen LogP contribution >= 0.6 is 11.6 Å². The molecule has 4 nitrogen and oxygen atoms in total. The molecule has 0 aliphatic carbocycles. The molecule has 0 unspecified atom stereocenters. The standard InChI is InChI=1S/C20H22ClN3O/c21-18-8-4-16(5-9-18)7-11-20(25)23-15-17-6-10-19(22-14-17)24-12-2-1-3-13-24/h4-11,14H,1-3,12-13,15H2,(H,23,25). The summed E-state index contributed by atoms with van der Waals surface area (Å²) < 4.78 is 0. The first-order chi connectivity index (χ1) is 12.2. The Kier molecular flexibility index (Phi) is 6.07. The van der Waals surface area contributed by atoms with Crippen LogP contribution < -0.4 is 10.2 Å². The zero-order chi connectivity index (χ0) is 17.5. The molecule has 1 aliphatic heterocycles. The predicted molar refractivity (Wildman–Crippen MR) is 103 cm³/mol. The van der Waals surface area contributed by atoms with Crippen LogP contribution in [0.25, 0.3) is 6.08 Å². The number of carbonyl (C=O) groups is 1. The molecule has 1 aliphatic rings. The van der Waals surface area contributed by atoms with Gasteiger partial charge in [0.15, 0.2) is 0 Å². The SMILES string of the molecule is O=C(C=Cc1ccc(Cl)cc1)NCc1ccc(N2CCCCC2)nc1. The van der Waals surface area contributed by atoms with E-state index in [1.807, 2.05) is 30.5 Å². The minimum absolute atomic E-state index is 0.130. The minimum atomic E-state index is -0.130. The van der Waals surface area contributed by atoms with Gasteiger partial charge in [-0.3, -0.25) is 4.79 Å². The van der Waals surface area contributed by atoms with Crippen LogP contribution in [-0.2, 0) is 11.3 Å². The topological polar surface area (TPSA) is 45.2 Å². The lowest BCUT2D eigenvalue weighted by Gasteiger charge is -2.27. The van der Waals surface area contributed by atoms with Crippen molar-refractivity contribution in [1.82, 2.24) is 10.3 Å². The van der Waals surface area contributed by atoms with Gasteiger partial charge in [0, 0.05) is 36.9 Å². The molecule has 2 heterocycles. The summed E-state index contributed by atoms with van der Waals surface area (Å²) in [6.45, 7) is 2.63. The van der Waals surface area contributed by atoms with Crippen molar-refractivity contribution in [3.05, 3.63) is 64.8 Å². The summed E-state index contributed by atoms with van der Waals surface area (Å²) in [5.74, 6) is 0.896. The second-order valence-electron chi connectivity index (χ2n) is 6.18. The molecule has 0 spiro atoms. The lowest BCUT2D eigenvalue weighted by molar-refractivity contribution is -0.116. The van der Waals surface area contributed by atoms with E-state index >= 15 is 0 Å². The lowest BCUT2D eigenvalue weighted by atomic mass is 10.1. The van der Waals surface area contributed by atoms with Crippen molar-refractivity contribution < 1.29 is 4.79 Å². The lowest BCUT2D eigenvalue weighted by Crippen LogP contribution is -2.30. The molecule has 3 rings (SSSR count). The average Bonchev–Trinajstić information content (AvgIpc) is 2.67. The van der Waals surface area contributed by atoms with Crippen LogP contribution in [0.2, 0.25) is 5.02 Å². The molecule has 1 fully saturated rings. The Labute approximate surface area is 153 Å². The smallest absolute Gasteiger partial charge is 0.244 e. The Morgan fingerprint density at radius 1 is 1.12 bits per heavy atom. The number of rotatable bonds is 5. The first kappa shape index (κ1) is 17.5. The van der Waals surface area contributed by atoms with E-state index in [1.54, 1.807) is 18.2 Å². The number of piperidine rings is 1. The van der Waals surface area contributed by atoms with E-state index < -0.39 is 0 Å². The first-order valence-corrected chi connectivity index (χ1v) is 9.00. The van der Waals surface area contributed by atoms with Crippen molar-refractivity contribution in [3.8, 4) is 0 Å². The highest BCUT2D eigenvalue weighted by molar-refractivity contribution is 6.30. The number of nitrogens with one attached hydrogen (secondary N) is 1. The average molecular weight is 356 g/mol. The van der Waals surface area contributed by atoms with E-state index in [1.165, 1.54) is 25.3 Å². The van der Waals surface area contributed by atoms with Crippen LogP contribution in [0.4, 0.5) is 5.82 Å². The third-order valence-corrected chi connectivity index (χ3v) is 4.51. The number of hydrogen-bond acceptors (Lipinski definition) is 3. The molecule has 1 N–H and O–H groups in total. The van der Waals surface area contributed by atoms with Crippen molar-refractivity contribution in [2.24, 2.45) is 0 Å². The van der Waals surface area contributed by atoms with Gasteiger partial charge in [-0.2, -0.15) is 0 Å². The van der Waals surface area contributed by atoms with E-state index in [0.717, 1.165) is 30.0 Å². The van der Waals surface area contributed by atoms with Crippen LogP contribution in [0.1, 0.15) is 30.4 Å². The van der Waals surface area contributed by atoms with Gasteiger partial charge in [-0.1, -0.05) is 29.8 Å². The van der Waals surface area contributed by atoms with Gasteiger partial charge in [0.05, 0.1) is 0 Å². The summed E-state index contributed by atoms with van der Waals surface area (Å²) in [7, 11) is 0. The fraction of sp³-hybridized carbons (Fsp3) is 0.300. The molecule has 1 saturated heterocycles. The second-order valence-corrected chi connectivity index (χ2v) is 6.61. The highest BCUT2D eigenvalue weighted by atomic mass is 35.5. The monoisotopic (exact) mass is 355 g/mol. The number of aromatic nitrogens is 1. The van der Waals surface area contributed by atoms with Gasteiger partial charge in [-0.15, -0.1) is 0 Å². The van der Waals surface area contributed by atoms with E-state index in [0.29, 0.717) is 11.6 Å². The molecule has 0 saturated carbocycles. The number of benzene rings is 1. The number of carbonyl (C=O) groups excluding carboxylic acids is 1. The summed E-state index contributed by atoms with van der Waals surface area (Å²) in [6.07, 6.45) is 8.91. The third-order valence-electron chi connectivity index (χ3n) is 4.25. The maximum atomic E-state index is 11.9. The maximum absolute atomic E-state index is 11.9. The molecule has 130 valence electrons. The maximum Gasteiger partial charge on any atom is 0.244 e. The highest BCUT2D eigenvalue weighted by Gasteiger charge is 2.11. The summed E-state index contributed by atoms with van der Waals surface area (Å²) in [4.78, 5) is 18.8. The fourth-order valence-electron chi connectivity index (χ4n) is 2.83. The zero-order valence-corrected chi connectivity index (χ0v) is 14.9. The molecule has 0 radical (unpaired) electrons. The number of halogens is 1. The highest BCUT2D eigenvalue weighted by Crippen LogP contribution is 2.17. The van der Waals surface area contributed by atoms with Gasteiger partial charge in [-0.05, 0) is 54.7 Å². The first-order valence-electron chi connectivity index (χ1n) is 8.62. The van der Waals surface area contributed by atoms with Crippen LogP contribution in [0, 0.1) is 0 Å². The third kappa shape index (κ3) is 5.33. The Morgan fingerprint density at radius 3 is 2.56 bits per heavy atom. The zero-order valence-electron chi connectivity index (χ0n) is 14.1. The van der Waals surface area contributed by atoms with Gasteiger partial charge >= 0.3 is 0 Å². The second kappa shape index (κ2) is 8.67. The van der Waals surface area contributed by atoms with Crippen molar-refractivity contribution >= 4 is 29.4 Å². The molecule has 2 aromatic rings. The molecule has 0 bridgehead atoms. The number of hydrogen-bond donors (Lipinski definition) is 1. The number of pyridine rings is 1. The van der Waals surface area contributed by atoms with Crippen LogP contribution in [0.3, 0.4) is 0 Å². The van der Waals surface area contributed by atoms with Crippen LogP contribution in [0.5, 0.6) is 0 Å². The van der Waals surface area contributed by atoms with E-state index in [-0.39, 0.29) is 5.91 Å². The molecule has 1 amide bonds. The van der Waals surface area contributed by atoms with Crippen molar-refractivity contribution in [2.75, 3.05) is 18.0 Å². The predicted octanol–water partition coefficient (Wildman–Crippen LogP) is 4.05. The van der Waals surface area contributed by atoms with Gasteiger partial charge in [0.1, 0.15) is 5.82 Å². The Hall–Kier alpha value is -2.33. The molecule has 1 aromatic carbocycles. The van der Waals surface area contributed by atoms with Crippen molar-refractivity contribution in [2.45, 2.75) is 25.8 Å². The number of amides is 1. The molecule has 1 aromatic heterocycles. The van der Waals surface area contributed by atoms with E-state index in [2.05, 4.69) is 15.2 Å². The normalized spacial score (nSPS) is 14.7. The molecule has 5 heteroatoms. The van der Waals surface area contributed by atoms with E-state index in [9.17, 15) is 4.79 Å². The summed E-state index contributed by atoms with van der Waals surface area (Å²) in [6, 6.07) is 11.4. The molecular weight excluding hydrogens is 334 g/mol. The summed E-state index contributed by atoms with van der Waals surface area (Å²) in [5.41, 5.74) is 1.93. The van der Waals surface area contributed by atoms with Gasteiger partial charge < -0.3 is 10.2 Å². The number of nitrogens with zero attached hydrogens (tertiary/aromatic N) is 2. The number of anilines is 1. The molecule has 0 atom stereocenters. The minimum Gasteiger partial charge on any atom is -0.357 e. The van der Waals surface area contributed by atoms with Crippen LogP contribution in [-0.4, -0.2) is 24.0 Å². The van der Waals surface area contributed by atoms with E-state index in [4.69, 9.17) is 11.6 Å². The largest absolute Gasteiger partial charge is 0.357 e. The molecule has 25 heavy (non-hydrogen) atoms. The fourth-order valence-corrected chi connectivity index (χ4v) is 2.95. The quantitative estimate of drug-likeness (QED) is 0.823. The molecular formula is C20H22ClN3O. The summed E-state index contributed by atoms with van der Waals surface area (Å²) >= 11 is 5.84. The summed E-state index contributed by atoms with van der Waals surface area (Å²) in [5, 5.41) is 3.56. The Balaban J connectivity index is 1.49. The Morgan fingerprint density at radius 2 is 1.88 bits per heavy atom.